The molecule has 0 radical (unpaired) electrons. The lowest BCUT2D eigenvalue weighted by molar-refractivity contribution is -0.124. The number of amides is 1. The van der Waals surface area contributed by atoms with Crippen LogP contribution < -0.4 is 16.8 Å². The second-order valence-corrected chi connectivity index (χ2v) is 2.41. The van der Waals surface area contributed by atoms with E-state index in [9.17, 15) is 9.59 Å². The quantitative estimate of drug-likeness (QED) is 0.449. The SMILES string of the molecule is NCCCC(=O)CNC(=O)CN. The number of rotatable bonds is 6. The van der Waals surface area contributed by atoms with Crippen molar-refractivity contribution in [2.75, 3.05) is 19.6 Å². The summed E-state index contributed by atoms with van der Waals surface area (Å²) in [5, 5.41) is 2.39. The van der Waals surface area contributed by atoms with E-state index in [0.717, 1.165) is 0 Å². The van der Waals surface area contributed by atoms with E-state index in [2.05, 4.69) is 5.32 Å². The van der Waals surface area contributed by atoms with Gasteiger partial charge in [-0.2, -0.15) is 0 Å². The first-order chi connectivity index (χ1) is 5.70. The molecule has 0 spiro atoms. The van der Waals surface area contributed by atoms with Crippen molar-refractivity contribution in [1.29, 1.82) is 0 Å². The molecule has 0 aliphatic carbocycles. The maximum atomic E-state index is 10.9. The third-order valence-corrected chi connectivity index (χ3v) is 1.33. The lowest BCUT2D eigenvalue weighted by Crippen LogP contribution is -2.34. The molecule has 0 aromatic rings. The zero-order valence-corrected chi connectivity index (χ0v) is 7.01. The molecule has 0 saturated heterocycles. The highest BCUT2D eigenvalue weighted by Gasteiger charge is 2.02. The van der Waals surface area contributed by atoms with Gasteiger partial charge in [0.25, 0.3) is 0 Å². The van der Waals surface area contributed by atoms with Gasteiger partial charge in [0.2, 0.25) is 5.91 Å². The van der Waals surface area contributed by atoms with Gasteiger partial charge in [-0.25, -0.2) is 0 Å². The second kappa shape index (κ2) is 6.75. The molecule has 5 N–H and O–H groups in total. The van der Waals surface area contributed by atoms with Crippen LogP contribution in [0.4, 0.5) is 0 Å². The molecule has 1 amide bonds. The van der Waals surface area contributed by atoms with Gasteiger partial charge in [-0.1, -0.05) is 0 Å². The molecule has 0 atom stereocenters. The highest BCUT2D eigenvalue weighted by atomic mass is 16.2. The molecule has 0 unspecified atom stereocenters. The third-order valence-electron chi connectivity index (χ3n) is 1.33. The molecule has 0 fully saturated rings. The standard InChI is InChI=1S/C7H15N3O2/c8-3-1-2-6(11)5-10-7(12)4-9/h1-5,8-9H2,(H,10,12). The number of carbonyl (C=O) groups is 2. The first kappa shape index (κ1) is 11.1. The molecule has 5 heteroatoms. The number of nitrogens with one attached hydrogen (secondary N) is 1. The van der Waals surface area contributed by atoms with E-state index in [-0.39, 0.29) is 24.8 Å². The van der Waals surface area contributed by atoms with Gasteiger partial charge in [0.1, 0.15) is 0 Å². The van der Waals surface area contributed by atoms with E-state index >= 15 is 0 Å². The molecule has 0 saturated carbocycles. The van der Waals surface area contributed by atoms with Crippen molar-refractivity contribution in [3.05, 3.63) is 0 Å². The van der Waals surface area contributed by atoms with Crippen LogP contribution in [0.5, 0.6) is 0 Å². The van der Waals surface area contributed by atoms with Gasteiger partial charge in [-0.15, -0.1) is 0 Å². The number of Topliss-reactive ketones (excluding diaryl/α,β-unsaturated/α-hetero) is 1. The van der Waals surface area contributed by atoms with Gasteiger partial charge in [0, 0.05) is 6.42 Å². The van der Waals surface area contributed by atoms with Crippen LogP contribution in [0.1, 0.15) is 12.8 Å². The minimum atomic E-state index is -0.309. The monoisotopic (exact) mass is 173 g/mol. The Morgan fingerprint density at radius 1 is 1.25 bits per heavy atom. The Bertz CT molecular complexity index is 159. The zero-order valence-electron chi connectivity index (χ0n) is 7.01. The molecule has 12 heavy (non-hydrogen) atoms. The van der Waals surface area contributed by atoms with E-state index in [1.54, 1.807) is 0 Å². The smallest absolute Gasteiger partial charge is 0.234 e. The zero-order chi connectivity index (χ0) is 9.40. The lowest BCUT2D eigenvalue weighted by Gasteiger charge is -2.01. The Morgan fingerprint density at radius 2 is 1.92 bits per heavy atom. The van der Waals surface area contributed by atoms with Crippen LogP contribution in [0.15, 0.2) is 0 Å². The van der Waals surface area contributed by atoms with Gasteiger partial charge >= 0.3 is 0 Å². The molecule has 0 rings (SSSR count). The fourth-order valence-electron chi connectivity index (χ4n) is 0.657. The van der Waals surface area contributed by atoms with Crippen molar-refractivity contribution in [3.8, 4) is 0 Å². The molecule has 0 aromatic carbocycles. The van der Waals surface area contributed by atoms with Gasteiger partial charge in [-0.3, -0.25) is 9.59 Å². The van der Waals surface area contributed by atoms with Gasteiger partial charge in [-0.05, 0) is 13.0 Å². The Hall–Kier alpha value is -0.940. The molecule has 0 aliphatic heterocycles. The molecule has 0 bridgehead atoms. The van der Waals surface area contributed by atoms with E-state index in [1.165, 1.54) is 0 Å². The summed E-state index contributed by atoms with van der Waals surface area (Å²) >= 11 is 0. The average molecular weight is 173 g/mol. The maximum Gasteiger partial charge on any atom is 0.234 e. The second-order valence-electron chi connectivity index (χ2n) is 2.41. The maximum absolute atomic E-state index is 10.9. The Balaban J connectivity index is 3.37. The summed E-state index contributed by atoms with van der Waals surface area (Å²) in [6.45, 7) is 0.483. The van der Waals surface area contributed by atoms with Crippen LogP contribution in [0.3, 0.4) is 0 Å². The lowest BCUT2D eigenvalue weighted by atomic mass is 10.2. The minimum absolute atomic E-state index is 0.0118. The van der Waals surface area contributed by atoms with Crippen LogP contribution >= 0.6 is 0 Å². The van der Waals surface area contributed by atoms with Crippen molar-refractivity contribution in [1.82, 2.24) is 5.32 Å². The van der Waals surface area contributed by atoms with Crippen molar-refractivity contribution in [2.24, 2.45) is 11.5 Å². The Morgan fingerprint density at radius 3 is 2.42 bits per heavy atom. The Labute approximate surface area is 71.5 Å². The normalized spacial score (nSPS) is 9.50. The number of ketones is 1. The van der Waals surface area contributed by atoms with Gasteiger partial charge in [0.05, 0.1) is 13.1 Å². The first-order valence-corrected chi connectivity index (χ1v) is 3.89. The van der Waals surface area contributed by atoms with Gasteiger partial charge in [0.15, 0.2) is 5.78 Å². The van der Waals surface area contributed by atoms with Crippen molar-refractivity contribution in [2.45, 2.75) is 12.8 Å². The molecule has 5 nitrogen and oxygen atoms in total. The summed E-state index contributed by atoms with van der Waals surface area (Å²) in [4.78, 5) is 21.5. The van der Waals surface area contributed by atoms with E-state index < -0.39 is 0 Å². The van der Waals surface area contributed by atoms with Crippen molar-refractivity contribution in [3.63, 3.8) is 0 Å². The van der Waals surface area contributed by atoms with Gasteiger partial charge < -0.3 is 16.8 Å². The van der Waals surface area contributed by atoms with Crippen LogP contribution in [-0.4, -0.2) is 31.3 Å². The number of carbonyl (C=O) groups excluding carboxylic acids is 2. The number of hydrogen-bond donors (Lipinski definition) is 3. The fourth-order valence-corrected chi connectivity index (χ4v) is 0.657. The van der Waals surface area contributed by atoms with Crippen LogP contribution in [0, 0.1) is 0 Å². The summed E-state index contributed by atoms with van der Waals surface area (Å²) < 4.78 is 0. The first-order valence-electron chi connectivity index (χ1n) is 3.89. The summed E-state index contributed by atoms with van der Waals surface area (Å²) in [6.07, 6.45) is 1.08. The molecule has 0 aliphatic rings. The highest BCUT2D eigenvalue weighted by Crippen LogP contribution is 1.86. The van der Waals surface area contributed by atoms with E-state index in [4.69, 9.17) is 11.5 Å². The predicted molar refractivity (Wildman–Crippen MR) is 45.4 cm³/mol. The molecule has 70 valence electrons. The van der Waals surface area contributed by atoms with Crippen LogP contribution in [0.25, 0.3) is 0 Å². The molecular weight excluding hydrogens is 158 g/mol. The summed E-state index contributed by atoms with van der Waals surface area (Å²) in [5.41, 5.74) is 10.2. The molecular formula is C7H15N3O2. The van der Waals surface area contributed by atoms with E-state index in [1.807, 2.05) is 0 Å². The molecule has 0 aromatic heterocycles. The third kappa shape index (κ3) is 5.82. The minimum Gasteiger partial charge on any atom is -0.348 e. The summed E-state index contributed by atoms with van der Waals surface area (Å²) in [6, 6.07) is 0. The Kier molecular flexibility index (Phi) is 6.22. The summed E-state index contributed by atoms with van der Waals surface area (Å²) in [7, 11) is 0. The molecule has 0 heterocycles. The topological polar surface area (TPSA) is 98.2 Å². The van der Waals surface area contributed by atoms with Crippen LogP contribution in [0.2, 0.25) is 0 Å². The largest absolute Gasteiger partial charge is 0.348 e. The number of hydrogen-bond acceptors (Lipinski definition) is 4. The van der Waals surface area contributed by atoms with Crippen LogP contribution in [-0.2, 0) is 9.59 Å². The van der Waals surface area contributed by atoms with Crippen molar-refractivity contribution < 1.29 is 9.59 Å². The number of nitrogens with two attached hydrogens (primary N) is 2. The van der Waals surface area contributed by atoms with E-state index in [0.29, 0.717) is 19.4 Å². The summed E-state index contributed by atoms with van der Waals surface area (Å²) in [5.74, 6) is -0.321. The fraction of sp³-hybridized carbons (Fsp3) is 0.714. The predicted octanol–water partition coefficient (Wildman–Crippen LogP) is -1.63. The highest BCUT2D eigenvalue weighted by molar-refractivity contribution is 5.86. The average Bonchev–Trinajstić information content (AvgIpc) is 2.10. The van der Waals surface area contributed by atoms with Crippen molar-refractivity contribution >= 4 is 11.7 Å².